The van der Waals surface area contributed by atoms with Gasteiger partial charge in [-0.15, -0.1) is 11.6 Å². The van der Waals surface area contributed by atoms with Crippen LogP contribution in [0.5, 0.6) is 0 Å². The van der Waals surface area contributed by atoms with Crippen molar-refractivity contribution in [1.82, 2.24) is 4.90 Å². The highest BCUT2D eigenvalue weighted by Gasteiger charge is 2.13. The Morgan fingerprint density at radius 2 is 2.07 bits per heavy atom. The van der Waals surface area contributed by atoms with Crippen LogP contribution in [0.25, 0.3) is 0 Å². The summed E-state index contributed by atoms with van der Waals surface area (Å²) in [6.45, 7) is 3.26. The van der Waals surface area contributed by atoms with E-state index in [1.54, 1.807) is 0 Å². The number of hydrogen-bond acceptors (Lipinski definition) is 2. The van der Waals surface area contributed by atoms with Gasteiger partial charge in [-0.25, -0.2) is 0 Å². The van der Waals surface area contributed by atoms with Crippen molar-refractivity contribution in [2.75, 3.05) is 19.0 Å². The minimum Gasteiger partial charge on any atom is -0.283 e. The van der Waals surface area contributed by atoms with Gasteiger partial charge in [0, 0.05) is 18.5 Å². The van der Waals surface area contributed by atoms with Crippen LogP contribution in [0.2, 0.25) is 0 Å². The number of rotatable bonds is 5. The van der Waals surface area contributed by atoms with E-state index in [1.165, 1.54) is 5.56 Å². The smallest absolute Gasteiger partial charge is 0.0871 e. The Labute approximate surface area is 96.1 Å². The van der Waals surface area contributed by atoms with E-state index in [2.05, 4.69) is 30.0 Å². The second-order valence-corrected chi connectivity index (χ2v) is 3.78. The van der Waals surface area contributed by atoms with E-state index in [9.17, 15) is 0 Å². The summed E-state index contributed by atoms with van der Waals surface area (Å²) in [4.78, 5) is 2.07. The lowest BCUT2D eigenvalue weighted by Crippen LogP contribution is -2.29. The number of nitriles is 1. The van der Waals surface area contributed by atoms with Crippen molar-refractivity contribution < 1.29 is 0 Å². The van der Waals surface area contributed by atoms with Gasteiger partial charge < -0.3 is 0 Å². The van der Waals surface area contributed by atoms with E-state index in [0.29, 0.717) is 12.4 Å². The fourth-order valence-corrected chi connectivity index (χ4v) is 1.77. The lowest BCUT2D eigenvalue weighted by atomic mass is 10.1. The third-order valence-corrected chi connectivity index (χ3v) is 2.64. The highest BCUT2D eigenvalue weighted by atomic mass is 35.5. The molecule has 1 aromatic carbocycles. The molecule has 3 heteroatoms. The van der Waals surface area contributed by atoms with Gasteiger partial charge in [-0.2, -0.15) is 5.26 Å². The second-order valence-electron chi connectivity index (χ2n) is 3.40. The van der Waals surface area contributed by atoms with Crippen molar-refractivity contribution in [2.24, 2.45) is 0 Å². The van der Waals surface area contributed by atoms with Gasteiger partial charge in [0.05, 0.1) is 12.6 Å². The van der Waals surface area contributed by atoms with Crippen LogP contribution in [0.3, 0.4) is 0 Å². The van der Waals surface area contributed by atoms with E-state index in [-0.39, 0.29) is 6.04 Å². The van der Waals surface area contributed by atoms with Crippen LogP contribution < -0.4 is 0 Å². The molecule has 0 fully saturated rings. The van der Waals surface area contributed by atoms with Crippen molar-refractivity contribution in [3.8, 4) is 6.07 Å². The van der Waals surface area contributed by atoms with Gasteiger partial charge >= 0.3 is 0 Å². The largest absolute Gasteiger partial charge is 0.283 e. The molecule has 0 N–H and O–H groups in total. The van der Waals surface area contributed by atoms with Crippen molar-refractivity contribution in [3.05, 3.63) is 35.9 Å². The molecule has 1 atom stereocenters. The summed E-state index contributed by atoms with van der Waals surface area (Å²) in [6, 6.07) is 12.6. The Balaban J connectivity index is 2.72. The molecule has 1 aromatic rings. The lowest BCUT2D eigenvalue weighted by Gasteiger charge is -2.26. The first-order valence-electron chi connectivity index (χ1n) is 5.01. The Bertz CT molecular complexity index is 318. The van der Waals surface area contributed by atoms with Crippen LogP contribution in [0.1, 0.15) is 18.5 Å². The van der Waals surface area contributed by atoms with Crippen LogP contribution in [0, 0.1) is 11.3 Å². The standard InChI is InChI=1S/C12H15ClN2/c1-11(12-5-3-2-4-6-12)15(9-7-13)10-8-14/h2-6,11H,7,9-10H2,1H3/t11-/m0/s1. The summed E-state index contributed by atoms with van der Waals surface area (Å²) in [5.41, 5.74) is 1.22. The number of benzene rings is 1. The van der Waals surface area contributed by atoms with E-state index in [4.69, 9.17) is 16.9 Å². The predicted molar refractivity (Wildman–Crippen MR) is 62.8 cm³/mol. The summed E-state index contributed by atoms with van der Waals surface area (Å²) < 4.78 is 0. The van der Waals surface area contributed by atoms with Crippen molar-refractivity contribution >= 4 is 11.6 Å². The van der Waals surface area contributed by atoms with Gasteiger partial charge in [0.2, 0.25) is 0 Å². The Hall–Kier alpha value is -1.04. The highest BCUT2D eigenvalue weighted by molar-refractivity contribution is 6.18. The molecule has 2 nitrogen and oxygen atoms in total. The average Bonchev–Trinajstić information content (AvgIpc) is 2.29. The summed E-state index contributed by atoms with van der Waals surface area (Å²) in [5.74, 6) is 0.554. The Morgan fingerprint density at radius 3 is 2.60 bits per heavy atom. The third kappa shape index (κ3) is 3.54. The summed E-state index contributed by atoms with van der Waals surface area (Å²) in [5, 5.41) is 8.72. The number of hydrogen-bond donors (Lipinski definition) is 0. The molecule has 0 saturated heterocycles. The maximum atomic E-state index is 8.72. The van der Waals surface area contributed by atoms with E-state index in [0.717, 1.165) is 6.54 Å². The summed E-state index contributed by atoms with van der Waals surface area (Å²) in [6.07, 6.45) is 0. The van der Waals surface area contributed by atoms with Crippen molar-refractivity contribution in [1.29, 1.82) is 5.26 Å². The monoisotopic (exact) mass is 222 g/mol. The Morgan fingerprint density at radius 1 is 1.40 bits per heavy atom. The van der Waals surface area contributed by atoms with E-state index in [1.807, 2.05) is 18.2 Å². The molecule has 0 heterocycles. The zero-order valence-electron chi connectivity index (χ0n) is 8.86. The van der Waals surface area contributed by atoms with Crippen LogP contribution >= 0.6 is 11.6 Å². The fourth-order valence-electron chi connectivity index (χ4n) is 1.55. The molecule has 15 heavy (non-hydrogen) atoms. The molecule has 0 unspecified atom stereocenters. The second kappa shape index (κ2) is 6.44. The molecule has 0 spiro atoms. The normalized spacial score (nSPS) is 12.4. The molecular weight excluding hydrogens is 208 g/mol. The van der Waals surface area contributed by atoms with Crippen molar-refractivity contribution in [3.63, 3.8) is 0 Å². The summed E-state index contributed by atoms with van der Waals surface area (Å²) >= 11 is 5.71. The number of nitrogens with zero attached hydrogens (tertiary/aromatic N) is 2. The molecule has 0 radical (unpaired) electrons. The molecule has 0 aromatic heterocycles. The first-order chi connectivity index (χ1) is 7.29. The molecule has 0 bridgehead atoms. The molecular formula is C12H15ClN2. The zero-order chi connectivity index (χ0) is 11.1. The molecule has 0 aliphatic carbocycles. The van der Waals surface area contributed by atoms with Crippen LogP contribution in [0.15, 0.2) is 30.3 Å². The first-order valence-corrected chi connectivity index (χ1v) is 5.55. The quantitative estimate of drug-likeness (QED) is 0.566. The zero-order valence-corrected chi connectivity index (χ0v) is 9.61. The third-order valence-electron chi connectivity index (χ3n) is 2.48. The predicted octanol–water partition coefficient (Wildman–Crippen LogP) is 2.81. The highest BCUT2D eigenvalue weighted by Crippen LogP contribution is 2.18. The van der Waals surface area contributed by atoms with Gasteiger partial charge in [0.1, 0.15) is 0 Å². The molecule has 0 aliphatic heterocycles. The lowest BCUT2D eigenvalue weighted by molar-refractivity contribution is 0.251. The molecule has 0 amide bonds. The van der Waals surface area contributed by atoms with Gasteiger partial charge in [0.15, 0.2) is 0 Å². The summed E-state index contributed by atoms with van der Waals surface area (Å²) in [7, 11) is 0. The minimum absolute atomic E-state index is 0.240. The van der Waals surface area contributed by atoms with Gasteiger partial charge in [-0.1, -0.05) is 30.3 Å². The van der Waals surface area contributed by atoms with Gasteiger partial charge in [-0.05, 0) is 12.5 Å². The molecule has 80 valence electrons. The minimum atomic E-state index is 0.240. The van der Waals surface area contributed by atoms with Crippen LogP contribution in [-0.4, -0.2) is 23.9 Å². The Kier molecular flexibility index (Phi) is 5.17. The van der Waals surface area contributed by atoms with Crippen molar-refractivity contribution in [2.45, 2.75) is 13.0 Å². The number of alkyl halides is 1. The fraction of sp³-hybridized carbons (Fsp3) is 0.417. The first kappa shape index (κ1) is 12.0. The maximum absolute atomic E-state index is 8.72. The van der Waals surface area contributed by atoms with Gasteiger partial charge in [-0.3, -0.25) is 4.90 Å². The molecule has 0 aliphatic rings. The number of halogens is 1. The van der Waals surface area contributed by atoms with Gasteiger partial charge in [0.25, 0.3) is 0 Å². The molecule has 1 rings (SSSR count). The van der Waals surface area contributed by atoms with Crippen LogP contribution in [0.4, 0.5) is 0 Å². The average molecular weight is 223 g/mol. The SMILES string of the molecule is C[C@@H](c1ccccc1)N(CC#N)CCCl. The maximum Gasteiger partial charge on any atom is 0.0871 e. The molecule has 0 saturated carbocycles. The topological polar surface area (TPSA) is 27.0 Å². The van der Waals surface area contributed by atoms with Crippen LogP contribution in [-0.2, 0) is 0 Å². The van der Waals surface area contributed by atoms with E-state index >= 15 is 0 Å². The van der Waals surface area contributed by atoms with E-state index < -0.39 is 0 Å².